The summed E-state index contributed by atoms with van der Waals surface area (Å²) in [7, 11) is 0. The molecule has 0 aromatic heterocycles. The highest BCUT2D eigenvalue weighted by molar-refractivity contribution is 6.07. The fourth-order valence-corrected chi connectivity index (χ4v) is 2.05. The Hall–Kier alpha value is -2.16. The van der Waals surface area contributed by atoms with E-state index < -0.39 is 11.8 Å². The molecule has 1 aromatic carbocycles. The molecule has 2 amide bonds. The minimum Gasteiger partial charge on any atom is -0.308 e. The van der Waals surface area contributed by atoms with E-state index in [1.54, 1.807) is 18.2 Å². The molecule has 7 N–H and O–H groups in total. The Morgan fingerprint density at radius 1 is 1.09 bits per heavy atom. The van der Waals surface area contributed by atoms with Crippen molar-refractivity contribution in [1.82, 2.24) is 16.3 Å². The van der Waals surface area contributed by atoms with E-state index in [2.05, 4.69) is 12.3 Å². The lowest BCUT2D eigenvalue weighted by molar-refractivity contribution is 0.0919. The number of anilines is 1. The maximum Gasteiger partial charge on any atom is 0.266 e. The summed E-state index contributed by atoms with van der Waals surface area (Å²) in [6.07, 6.45) is 2.04. The summed E-state index contributed by atoms with van der Waals surface area (Å²) in [5, 5.41) is 1.95. The van der Waals surface area contributed by atoms with E-state index in [4.69, 9.17) is 11.7 Å². The SMILES string of the molecule is CCCCN(NCC)c1ccc(C(=O)NN)c(C(=O)NN)c1. The monoisotopic (exact) mass is 308 g/mol. The number of benzene rings is 1. The Morgan fingerprint density at radius 2 is 1.73 bits per heavy atom. The molecule has 0 saturated carbocycles. The molecule has 1 rings (SSSR count). The van der Waals surface area contributed by atoms with Gasteiger partial charge in [0.15, 0.2) is 0 Å². The van der Waals surface area contributed by atoms with Crippen molar-refractivity contribution in [1.29, 1.82) is 0 Å². The van der Waals surface area contributed by atoms with Crippen LogP contribution in [0, 0.1) is 0 Å². The zero-order chi connectivity index (χ0) is 16.5. The second-order valence-electron chi connectivity index (χ2n) is 4.69. The number of rotatable bonds is 8. The summed E-state index contributed by atoms with van der Waals surface area (Å²) in [5.74, 6) is 9.23. The van der Waals surface area contributed by atoms with Crippen LogP contribution >= 0.6 is 0 Å². The molecule has 0 aliphatic rings. The van der Waals surface area contributed by atoms with E-state index in [9.17, 15) is 9.59 Å². The molecule has 22 heavy (non-hydrogen) atoms. The number of hydrazine groups is 3. The van der Waals surface area contributed by atoms with E-state index in [-0.39, 0.29) is 11.1 Å². The summed E-state index contributed by atoms with van der Waals surface area (Å²) in [6.45, 7) is 5.62. The number of nitrogen functional groups attached to an aromatic ring is 2. The molecule has 0 spiro atoms. The van der Waals surface area contributed by atoms with Gasteiger partial charge in [-0.25, -0.2) is 17.1 Å². The molecule has 122 valence electrons. The standard InChI is InChI=1S/C14H24N6O2/c1-3-5-8-20(17-4-2)10-6-7-11(13(21)18-15)12(9-10)14(22)19-16/h6-7,9,17H,3-5,8,15-16H2,1-2H3,(H,18,21)(H,19,22). The average Bonchev–Trinajstić information content (AvgIpc) is 2.56. The molecule has 1 aromatic rings. The first-order chi connectivity index (χ1) is 10.6. The van der Waals surface area contributed by atoms with E-state index in [0.29, 0.717) is 0 Å². The van der Waals surface area contributed by atoms with Crippen molar-refractivity contribution in [2.75, 3.05) is 18.1 Å². The Bertz CT molecular complexity index is 520. The Balaban J connectivity index is 3.20. The quantitative estimate of drug-likeness (QED) is 0.262. The van der Waals surface area contributed by atoms with Crippen LogP contribution in [0.2, 0.25) is 0 Å². The van der Waals surface area contributed by atoms with Crippen molar-refractivity contribution in [2.45, 2.75) is 26.7 Å². The summed E-state index contributed by atoms with van der Waals surface area (Å²) < 4.78 is 0. The minimum absolute atomic E-state index is 0.168. The topological polar surface area (TPSA) is 126 Å². The van der Waals surface area contributed by atoms with E-state index >= 15 is 0 Å². The van der Waals surface area contributed by atoms with Gasteiger partial charge in [0.2, 0.25) is 0 Å². The van der Waals surface area contributed by atoms with Gasteiger partial charge in [-0.1, -0.05) is 20.3 Å². The maximum atomic E-state index is 11.9. The third-order valence-corrected chi connectivity index (χ3v) is 3.15. The Morgan fingerprint density at radius 3 is 2.27 bits per heavy atom. The van der Waals surface area contributed by atoms with Gasteiger partial charge in [0, 0.05) is 13.1 Å². The second kappa shape index (κ2) is 8.98. The van der Waals surface area contributed by atoms with E-state index in [1.165, 1.54) is 0 Å². The number of unbranched alkanes of at least 4 members (excludes halogenated alkanes) is 1. The predicted molar refractivity (Wildman–Crippen MR) is 85.7 cm³/mol. The molecule has 0 saturated heterocycles. The summed E-state index contributed by atoms with van der Waals surface area (Å²) >= 11 is 0. The summed E-state index contributed by atoms with van der Waals surface area (Å²) in [5.41, 5.74) is 8.41. The zero-order valence-electron chi connectivity index (χ0n) is 13.0. The molecule has 0 atom stereocenters. The van der Waals surface area contributed by atoms with E-state index in [1.807, 2.05) is 22.8 Å². The number of nitrogens with one attached hydrogen (secondary N) is 3. The molecule has 0 heterocycles. The third-order valence-electron chi connectivity index (χ3n) is 3.15. The van der Waals surface area contributed by atoms with Crippen molar-refractivity contribution in [3.05, 3.63) is 29.3 Å². The summed E-state index contributed by atoms with van der Waals surface area (Å²) in [4.78, 5) is 23.7. The maximum absolute atomic E-state index is 11.9. The molecular weight excluding hydrogens is 284 g/mol. The minimum atomic E-state index is -0.549. The van der Waals surface area contributed by atoms with Gasteiger partial charge < -0.3 is 5.01 Å². The van der Waals surface area contributed by atoms with Crippen LogP contribution in [-0.2, 0) is 0 Å². The lowest BCUT2D eigenvalue weighted by Gasteiger charge is -2.25. The van der Waals surface area contributed by atoms with Crippen LogP contribution < -0.4 is 33.0 Å². The fourth-order valence-electron chi connectivity index (χ4n) is 2.05. The van der Waals surface area contributed by atoms with Crippen LogP contribution in [-0.4, -0.2) is 24.9 Å². The first-order valence-electron chi connectivity index (χ1n) is 7.25. The van der Waals surface area contributed by atoms with Crippen LogP contribution in [0.1, 0.15) is 47.4 Å². The highest BCUT2D eigenvalue weighted by Gasteiger charge is 2.18. The molecular formula is C14H24N6O2. The van der Waals surface area contributed by atoms with Crippen molar-refractivity contribution in [3.8, 4) is 0 Å². The van der Waals surface area contributed by atoms with Gasteiger partial charge in [0.25, 0.3) is 11.8 Å². The Labute approximate surface area is 130 Å². The van der Waals surface area contributed by atoms with Gasteiger partial charge in [-0.3, -0.25) is 20.4 Å². The molecule has 8 heteroatoms. The fraction of sp³-hybridized carbons (Fsp3) is 0.429. The first kappa shape index (κ1) is 17.9. The number of hydrogen-bond acceptors (Lipinski definition) is 6. The zero-order valence-corrected chi connectivity index (χ0v) is 13.0. The highest BCUT2D eigenvalue weighted by Crippen LogP contribution is 2.19. The van der Waals surface area contributed by atoms with Crippen molar-refractivity contribution in [3.63, 3.8) is 0 Å². The molecule has 0 bridgehead atoms. The number of amides is 2. The molecule has 0 aliphatic heterocycles. The van der Waals surface area contributed by atoms with Crippen LogP contribution in [0.4, 0.5) is 5.69 Å². The van der Waals surface area contributed by atoms with Crippen LogP contribution in [0.25, 0.3) is 0 Å². The average molecular weight is 308 g/mol. The smallest absolute Gasteiger partial charge is 0.266 e. The van der Waals surface area contributed by atoms with Crippen molar-refractivity contribution in [2.24, 2.45) is 11.7 Å². The third kappa shape index (κ3) is 4.42. The number of nitrogens with zero attached hydrogens (tertiary/aromatic N) is 1. The Kier molecular flexibility index (Phi) is 7.30. The van der Waals surface area contributed by atoms with Gasteiger partial charge in [0.05, 0.1) is 16.8 Å². The van der Waals surface area contributed by atoms with Gasteiger partial charge in [0.1, 0.15) is 0 Å². The van der Waals surface area contributed by atoms with Crippen LogP contribution in [0.15, 0.2) is 18.2 Å². The molecule has 0 unspecified atom stereocenters. The van der Waals surface area contributed by atoms with Crippen molar-refractivity contribution < 1.29 is 9.59 Å². The van der Waals surface area contributed by atoms with Gasteiger partial charge in [-0.15, -0.1) is 0 Å². The van der Waals surface area contributed by atoms with Gasteiger partial charge in [-0.2, -0.15) is 0 Å². The van der Waals surface area contributed by atoms with Crippen molar-refractivity contribution >= 4 is 17.5 Å². The second-order valence-corrected chi connectivity index (χ2v) is 4.69. The van der Waals surface area contributed by atoms with E-state index in [0.717, 1.165) is 31.6 Å². The molecule has 0 radical (unpaired) electrons. The summed E-state index contributed by atoms with van der Waals surface area (Å²) in [6, 6.07) is 4.93. The van der Waals surface area contributed by atoms with Gasteiger partial charge in [-0.05, 0) is 24.6 Å². The van der Waals surface area contributed by atoms with Crippen LogP contribution in [0.5, 0.6) is 0 Å². The highest BCUT2D eigenvalue weighted by atomic mass is 16.2. The molecule has 0 fully saturated rings. The molecule has 8 nitrogen and oxygen atoms in total. The molecule has 0 aliphatic carbocycles. The number of carbonyl (C=O) groups excluding carboxylic acids is 2. The first-order valence-corrected chi connectivity index (χ1v) is 7.25. The number of carbonyl (C=O) groups is 2. The number of hydrogen-bond donors (Lipinski definition) is 5. The number of nitrogens with two attached hydrogens (primary N) is 2. The normalized spacial score (nSPS) is 10.2. The largest absolute Gasteiger partial charge is 0.308 e. The van der Waals surface area contributed by atoms with Crippen LogP contribution in [0.3, 0.4) is 0 Å². The lowest BCUT2D eigenvalue weighted by Crippen LogP contribution is -2.39. The lowest BCUT2D eigenvalue weighted by atomic mass is 10.0. The van der Waals surface area contributed by atoms with Gasteiger partial charge >= 0.3 is 0 Å². The predicted octanol–water partition coefficient (Wildman–Crippen LogP) is 0.0246.